The molecule has 4 heteroatoms. The zero-order valence-corrected chi connectivity index (χ0v) is 14.6. The molecule has 26 heavy (non-hydrogen) atoms. The van der Waals surface area contributed by atoms with Gasteiger partial charge in [-0.2, -0.15) is 5.10 Å². The number of hydrogen-bond donors (Lipinski definition) is 0. The van der Waals surface area contributed by atoms with Crippen LogP contribution in [0.4, 0.5) is 0 Å². The van der Waals surface area contributed by atoms with Crippen molar-refractivity contribution in [2.75, 3.05) is 0 Å². The summed E-state index contributed by atoms with van der Waals surface area (Å²) < 4.78 is 7.18. The van der Waals surface area contributed by atoms with E-state index in [0.29, 0.717) is 0 Å². The van der Waals surface area contributed by atoms with Gasteiger partial charge in [-0.1, -0.05) is 66.8 Å². The third-order valence-corrected chi connectivity index (χ3v) is 3.76. The average molecular weight is 344 g/mol. The molecule has 0 radical (unpaired) electrons. The van der Waals surface area contributed by atoms with Crippen molar-refractivity contribution in [2.24, 2.45) is 0 Å². The van der Waals surface area contributed by atoms with Crippen LogP contribution in [0.2, 0.25) is 0 Å². The number of benzene rings is 2. The molecule has 0 fully saturated rings. The summed E-state index contributed by atoms with van der Waals surface area (Å²) in [5.74, 6) is -0.380. The molecule has 0 bridgehead atoms. The van der Waals surface area contributed by atoms with Crippen molar-refractivity contribution in [3.63, 3.8) is 0 Å². The summed E-state index contributed by atoms with van der Waals surface area (Å²) in [5, 5.41) is 4.70. The number of ether oxygens (including phenoxy) is 1. The van der Waals surface area contributed by atoms with Gasteiger partial charge in [-0.05, 0) is 19.1 Å². The highest BCUT2D eigenvalue weighted by atomic mass is 16.5. The van der Waals surface area contributed by atoms with Crippen LogP contribution in [0.3, 0.4) is 0 Å². The maximum Gasteiger partial charge on any atom is 0.331 e. The van der Waals surface area contributed by atoms with Gasteiger partial charge in [-0.25, -0.2) is 9.48 Å². The summed E-state index contributed by atoms with van der Waals surface area (Å²) in [5.41, 5.74) is 3.60. The molecule has 130 valence electrons. The quantitative estimate of drug-likeness (QED) is 0.369. The Hall–Kier alpha value is -3.40. The van der Waals surface area contributed by atoms with E-state index in [-0.39, 0.29) is 12.6 Å². The fourth-order valence-corrected chi connectivity index (χ4v) is 2.51. The minimum Gasteiger partial charge on any atom is -0.458 e. The van der Waals surface area contributed by atoms with Crippen LogP contribution in [0.25, 0.3) is 16.9 Å². The van der Waals surface area contributed by atoms with E-state index < -0.39 is 0 Å². The third-order valence-electron chi connectivity index (χ3n) is 3.76. The number of nitrogens with zero attached hydrogens (tertiary/aromatic N) is 2. The Morgan fingerprint density at radius 2 is 1.73 bits per heavy atom. The molecule has 0 aliphatic heterocycles. The van der Waals surface area contributed by atoms with Gasteiger partial charge in [-0.15, -0.1) is 0 Å². The highest BCUT2D eigenvalue weighted by molar-refractivity contribution is 5.82. The molecule has 2 aromatic carbocycles. The first kappa shape index (κ1) is 17.4. The molecular formula is C22H20N2O2. The van der Waals surface area contributed by atoms with Crippen LogP contribution in [0.15, 0.2) is 91.2 Å². The number of rotatable bonds is 6. The molecule has 0 saturated carbocycles. The van der Waals surface area contributed by atoms with Crippen molar-refractivity contribution < 1.29 is 9.53 Å². The first-order valence-electron chi connectivity index (χ1n) is 8.43. The van der Waals surface area contributed by atoms with Gasteiger partial charge in [0.1, 0.15) is 6.61 Å². The Morgan fingerprint density at radius 1 is 1.04 bits per heavy atom. The molecule has 0 amide bonds. The fourth-order valence-electron chi connectivity index (χ4n) is 2.51. The van der Waals surface area contributed by atoms with E-state index in [2.05, 4.69) is 0 Å². The second kappa shape index (κ2) is 8.62. The molecule has 0 unspecified atom stereocenters. The topological polar surface area (TPSA) is 44.1 Å². The van der Waals surface area contributed by atoms with Crippen molar-refractivity contribution in [2.45, 2.75) is 13.5 Å². The van der Waals surface area contributed by atoms with E-state index >= 15 is 0 Å². The molecule has 4 nitrogen and oxygen atoms in total. The van der Waals surface area contributed by atoms with Gasteiger partial charge in [0.05, 0.1) is 11.4 Å². The Bertz CT molecular complexity index is 910. The summed E-state index contributed by atoms with van der Waals surface area (Å²) in [6.07, 6.45) is 8.60. The summed E-state index contributed by atoms with van der Waals surface area (Å²) in [6.45, 7) is 2.05. The smallest absolute Gasteiger partial charge is 0.331 e. The molecule has 3 rings (SSSR count). The normalized spacial score (nSPS) is 11.3. The van der Waals surface area contributed by atoms with E-state index in [4.69, 9.17) is 9.84 Å². The van der Waals surface area contributed by atoms with Crippen LogP contribution in [0.5, 0.6) is 0 Å². The maximum atomic E-state index is 11.8. The zero-order valence-electron chi connectivity index (χ0n) is 14.6. The number of carbonyl (C=O) groups is 1. The highest BCUT2D eigenvalue weighted by Gasteiger charge is 2.13. The molecule has 0 aliphatic carbocycles. The van der Waals surface area contributed by atoms with Gasteiger partial charge in [0.2, 0.25) is 0 Å². The van der Waals surface area contributed by atoms with Crippen LogP contribution in [0.1, 0.15) is 12.5 Å². The van der Waals surface area contributed by atoms with Crippen LogP contribution >= 0.6 is 0 Å². The fraction of sp³-hybridized carbons (Fsp3) is 0.0909. The lowest BCUT2D eigenvalue weighted by atomic mass is 10.1. The number of aromatic nitrogens is 2. The van der Waals surface area contributed by atoms with E-state index in [9.17, 15) is 4.79 Å². The Labute approximate surface area is 153 Å². The SMILES string of the molecule is C/C=C/C=C/C(=O)OCc1cn(-c2ccccc2)nc1-c1ccccc1. The van der Waals surface area contributed by atoms with Gasteiger partial charge in [0.25, 0.3) is 0 Å². The largest absolute Gasteiger partial charge is 0.458 e. The molecule has 0 aliphatic rings. The molecule has 0 spiro atoms. The van der Waals surface area contributed by atoms with E-state index in [1.165, 1.54) is 6.08 Å². The van der Waals surface area contributed by atoms with E-state index in [1.54, 1.807) is 16.8 Å². The van der Waals surface area contributed by atoms with E-state index in [0.717, 1.165) is 22.5 Å². The van der Waals surface area contributed by atoms with Gasteiger partial charge in [0, 0.05) is 23.4 Å². The van der Waals surface area contributed by atoms with Crippen molar-refractivity contribution in [1.82, 2.24) is 9.78 Å². The first-order chi connectivity index (χ1) is 12.8. The monoisotopic (exact) mass is 344 g/mol. The summed E-state index contributed by atoms with van der Waals surface area (Å²) in [7, 11) is 0. The highest BCUT2D eigenvalue weighted by Crippen LogP contribution is 2.24. The number of allylic oxidation sites excluding steroid dienone is 3. The van der Waals surface area contributed by atoms with Crippen LogP contribution < -0.4 is 0 Å². The molecule has 1 aromatic heterocycles. The predicted octanol–water partition coefficient (Wildman–Crippen LogP) is 4.71. The van der Waals surface area contributed by atoms with Crippen LogP contribution in [-0.4, -0.2) is 15.7 Å². The Kier molecular flexibility index (Phi) is 5.78. The molecule has 3 aromatic rings. The van der Waals surface area contributed by atoms with Gasteiger partial charge in [-0.3, -0.25) is 0 Å². The van der Waals surface area contributed by atoms with Crippen LogP contribution in [0, 0.1) is 0 Å². The minimum absolute atomic E-state index is 0.163. The van der Waals surface area contributed by atoms with Crippen molar-refractivity contribution >= 4 is 5.97 Å². The minimum atomic E-state index is -0.380. The predicted molar refractivity (Wildman–Crippen MR) is 103 cm³/mol. The number of carbonyl (C=O) groups excluding carboxylic acids is 1. The molecule has 1 heterocycles. The number of esters is 1. The lowest BCUT2D eigenvalue weighted by Gasteiger charge is -2.03. The van der Waals surface area contributed by atoms with Crippen molar-refractivity contribution in [1.29, 1.82) is 0 Å². The molecule has 0 atom stereocenters. The zero-order chi connectivity index (χ0) is 18.2. The lowest BCUT2D eigenvalue weighted by molar-refractivity contribution is -0.138. The van der Waals surface area contributed by atoms with E-state index in [1.807, 2.05) is 79.9 Å². The lowest BCUT2D eigenvalue weighted by Crippen LogP contribution is -2.01. The van der Waals surface area contributed by atoms with Gasteiger partial charge >= 0.3 is 5.97 Å². The van der Waals surface area contributed by atoms with Crippen LogP contribution in [-0.2, 0) is 16.1 Å². The summed E-state index contributed by atoms with van der Waals surface area (Å²) in [6, 6.07) is 19.7. The second-order valence-electron chi connectivity index (χ2n) is 5.64. The van der Waals surface area contributed by atoms with Crippen molar-refractivity contribution in [3.8, 4) is 16.9 Å². The standard InChI is InChI=1S/C22H20N2O2/c1-2-3-6-15-21(25)26-17-19-16-24(20-13-9-5-10-14-20)23-22(19)18-11-7-4-8-12-18/h2-16H,17H2,1H3/b3-2+,15-6+. The number of hydrogen-bond acceptors (Lipinski definition) is 3. The van der Waals surface area contributed by atoms with Gasteiger partial charge < -0.3 is 4.74 Å². The van der Waals surface area contributed by atoms with Gasteiger partial charge in [0.15, 0.2) is 0 Å². The second-order valence-corrected chi connectivity index (χ2v) is 5.64. The molecule has 0 N–H and O–H groups in total. The Balaban J connectivity index is 1.87. The van der Waals surface area contributed by atoms with Crippen molar-refractivity contribution in [3.05, 3.63) is 96.7 Å². The summed E-state index contributed by atoms with van der Waals surface area (Å²) >= 11 is 0. The molecule has 0 saturated heterocycles. The first-order valence-corrected chi connectivity index (χ1v) is 8.43. The average Bonchev–Trinajstić information content (AvgIpc) is 3.12. The summed E-state index contributed by atoms with van der Waals surface area (Å²) in [4.78, 5) is 11.8. The maximum absolute atomic E-state index is 11.8. The molecular weight excluding hydrogens is 324 g/mol. The number of para-hydroxylation sites is 1. The Morgan fingerprint density at radius 3 is 2.42 bits per heavy atom. The third kappa shape index (κ3) is 4.36.